The van der Waals surface area contributed by atoms with Crippen LogP contribution in [-0.2, 0) is 17.8 Å². The van der Waals surface area contributed by atoms with Gasteiger partial charge in [0.1, 0.15) is 11.4 Å². The number of nitrogens with zero attached hydrogens (tertiary/aromatic N) is 3. The molecule has 0 spiro atoms. The molecule has 0 aliphatic carbocycles. The Bertz CT molecular complexity index is 1370. The maximum absolute atomic E-state index is 13.4. The predicted octanol–water partition coefficient (Wildman–Crippen LogP) is 4.31. The molecular formula is C27H30N4O3. The standard InChI is InChI=1S/C27H30N4O3/c1-5-30-19(3)21(15-16-25(32)28-18(2)20-11-7-6-8-12-20)27(33)31-26(30)17-23(29-31)22-13-9-10-14-24(22)34-4/h6-14,17-18H,5,15-16H2,1-4H3,(H,28,32)/t18-/m0/s1. The lowest BCUT2D eigenvalue weighted by atomic mass is 10.1. The van der Waals surface area contributed by atoms with Crippen molar-refractivity contribution in [2.24, 2.45) is 0 Å². The van der Waals surface area contributed by atoms with E-state index in [0.717, 1.165) is 22.5 Å². The Morgan fingerprint density at radius 1 is 1.12 bits per heavy atom. The topological polar surface area (TPSA) is 77.6 Å². The van der Waals surface area contributed by atoms with Gasteiger partial charge in [0.15, 0.2) is 0 Å². The molecule has 4 aromatic rings. The number of benzene rings is 2. The Hall–Kier alpha value is -3.87. The molecule has 1 amide bonds. The lowest BCUT2D eigenvalue weighted by Gasteiger charge is -2.16. The normalized spacial score (nSPS) is 12.0. The van der Waals surface area contributed by atoms with Gasteiger partial charge in [-0.25, -0.2) is 0 Å². The van der Waals surface area contributed by atoms with Crippen molar-refractivity contribution in [3.05, 3.63) is 87.8 Å². The monoisotopic (exact) mass is 458 g/mol. The van der Waals surface area contributed by atoms with Crippen molar-refractivity contribution in [2.45, 2.75) is 46.2 Å². The van der Waals surface area contributed by atoms with Crippen LogP contribution in [0.5, 0.6) is 5.75 Å². The van der Waals surface area contributed by atoms with Crippen LogP contribution in [0.15, 0.2) is 65.5 Å². The summed E-state index contributed by atoms with van der Waals surface area (Å²) in [5.41, 5.74) is 4.52. The second-order valence-electron chi connectivity index (χ2n) is 8.31. The number of aryl methyl sites for hydroxylation is 1. The van der Waals surface area contributed by atoms with Gasteiger partial charge >= 0.3 is 0 Å². The van der Waals surface area contributed by atoms with Gasteiger partial charge in [-0.1, -0.05) is 42.5 Å². The summed E-state index contributed by atoms with van der Waals surface area (Å²) < 4.78 is 8.99. The first-order chi connectivity index (χ1) is 16.4. The maximum Gasteiger partial charge on any atom is 0.277 e. The molecule has 0 saturated heterocycles. The molecule has 2 aromatic heterocycles. The number of aromatic nitrogens is 3. The lowest BCUT2D eigenvalue weighted by Crippen LogP contribution is -2.29. The highest BCUT2D eigenvalue weighted by atomic mass is 16.5. The van der Waals surface area contributed by atoms with Crippen LogP contribution in [0.4, 0.5) is 0 Å². The van der Waals surface area contributed by atoms with E-state index in [2.05, 4.69) is 15.0 Å². The number of rotatable bonds is 8. The summed E-state index contributed by atoms with van der Waals surface area (Å²) in [6.45, 7) is 6.60. The van der Waals surface area contributed by atoms with Crippen LogP contribution in [0.2, 0.25) is 0 Å². The second-order valence-corrected chi connectivity index (χ2v) is 8.31. The fourth-order valence-corrected chi connectivity index (χ4v) is 4.38. The van der Waals surface area contributed by atoms with Crippen LogP contribution >= 0.6 is 0 Å². The highest BCUT2D eigenvalue weighted by Gasteiger charge is 2.19. The van der Waals surface area contributed by atoms with Gasteiger partial charge < -0.3 is 14.6 Å². The minimum absolute atomic E-state index is 0.0894. The average Bonchev–Trinajstić information content (AvgIpc) is 3.30. The SMILES string of the molecule is CCn1c(C)c(CCC(=O)N[C@@H](C)c2ccccc2)c(=O)n2nc(-c3ccccc3OC)cc12. The quantitative estimate of drug-likeness (QED) is 0.427. The third-order valence-corrected chi connectivity index (χ3v) is 6.24. The first-order valence-electron chi connectivity index (χ1n) is 11.5. The smallest absolute Gasteiger partial charge is 0.277 e. The fraction of sp³-hybridized carbons (Fsp3) is 0.296. The van der Waals surface area contributed by atoms with E-state index < -0.39 is 0 Å². The molecule has 2 aromatic carbocycles. The van der Waals surface area contributed by atoms with Crippen LogP contribution in [0, 0.1) is 6.92 Å². The van der Waals surface area contributed by atoms with Crippen LogP contribution in [0.25, 0.3) is 16.9 Å². The van der Waals surface area contributed by atoms with Crippen LogP contribution in [0.1, 0.15) is 43.1 Å². The number of amides is 1. The van der Waals surface area contributed by atoms with Crippen LogP contribution in [0.3, 0.4) is 0 Å². The van der Waals surface area contributed by atoms with E-state index in [9.17, 15) is 9.59 Å². The van der Waals surface area contributed by atoms with Gasteiger partial charge in [-0.05, 0) is 44.9 Å². The molecule has 0 bridgehead atoms. The number of hydrogen-bond acceptors (Lipinski definition) is 4. The first kappa shape index (κ1) is 23.3. The van der Waals surface area contributed by atoms with Crippen LogP contribution in [-0.4, -0.2) is 27.2 Å². The minimum Gasteiger partial charge on any atom is -0.496 e. The number of carbonyl (C=O) groups excluding carboxylic acids is 1. The van der Waals surface area contributed by atoms with E-state index in [1.165, 1.54) is 4.52 Å². The summed E-state index contributed by atoms with van der Waals surface area (Å²) in [7, 11) is 1.62. The van der Waals surface area contributed by atoms with Gasteiger partial charge in [0.05, 0.1) is 18.8 Å². The first-order valence-corrected chi connectivity index (χ1v) is 11.5. The maximum atomic E-state index is 13.4. The highest BCUT2D eigenvalue weighted by molar-refractivity contribution is 5.76. The summed E-state index contributed by atoms with van der Waals surface area (Å²) >= 11 is 0. The van der Waals surface area contributed by atoms with Crippen LogP contribution < -0.4 is 15.6 Å². The predicted molar refractivity (Wildman–Crippen MR) is 133 cm³/mol. The van der Waals surface area contributed by atoms with Crippen molar-refractivity contribution >= 4 is 11.6 Å². The van der Waals surface area contributed by atoms with Gasteiger partial charge in [0.25, 0.3) is 5.56 Å². The fourth-order valence-electron chi connectivity index (χ4n) is 4.38. The molecule has 176 valence electrons. The highest BCUT2D eigenvalue weighted by Crippen LogP contribution is 2.29. The number of para-hydroxylation sites is 1. The van der Waals surface area contributed by atoms with E-state index >= 15 is 0 Å². The number of carbonyl (C=O) groups is 1. The Morgan fingerprint density at radius 2 is 1.82 bits per heavy atom. The zero-order valence-electron chi connectivity index (χ0n) is 20.0. The van der Waals surface area contributed by atoms with Crippen molar-refractivity contribution < 1.29 is 9.53 Å². The van der Waals surface area contributed by atoms with E-state index in [1.54, 1.807) is 7.11 Å². The largest absolute Gasteiger partial charge is 0.496 e. The number of fused-ring (bicyclic) bond motifs is 1. The molecule has 0 saturated carbocycles. The third-order valence-electron chi connectivity index (χ3n) is 6.24. The Morgan fingerprint density at radius 3 is 2.53 bits per heavy atom. The van der Waals surface area contributed by atoms with Crippen molar-refractivity contribution in [3.8, 4) is 17.0 Å². The van der Waals surface area contributed by atoms with Crippen molar-refractivity contribution in [3.63, 3.8) is 0 Å². The summed E-state index contributed by atoms with van der Waals surface area (Å²) in [4.78, 5) is 26.0. The molecule has 7 nitrogen and oxygen atoms in total. The van der Waals surface area contributed by atoms with E-state index in [4.69, 9.17) is 4.74 Å². The molecule has 7 heteroatoms. The molecule has 0 aliphatic heterocycles. The van der Waals surface area contributed by atoms with Gasteiger partial charge in [0.2, 0.25) is 5.91 Å². The summed E-state index contributed by atoms with van der Waals surface area (Å²) in [6, 6.07) is 19.2. The van der Waals surface area contributed by atoms with Gasteiger partial charge in [-0.2, -0.15) is 9.61 Å². The van der Waals surface area contributed by atoms with Crippen molar-refractivity contribution in [1.29, 1.82) is 0 Å². The van der Waals surface area contributed by atoms with E-state index in [1.807, 2.05) is 81.4 Å². The van der Waals surface area contributed by atoms with Gasteiger partial charge in [-0.3, -0.25) is 9.59 Å². The summed E-state index contributed by atoms with van der Waals surface area (Å²) in [6.07, 6.45) is 0.570. The summed E-state index contributed by atoms with van der Waals surface area (Å²) in [5.74, 6) is 0.607. The molecule has 1 N–H and O–H groups in total. The average molecular weight is 459 g/mol. The number of ether oxygens (including phenoxy) is 1. The molecule has 1 atom stereocenters. The molecule has 0 unspecified atom stereocenters. The van der Waals surface area contributed by atoms with Gasteiger partial charge in [0, 0.05) is 35.9 Å². The summed E-state index contributed by atoms with van der Waals surface area (Å²) in [5, 5.41) is 7.64. The van der Waals surface area contributed by atoms with Crippen molar-refractivity contribution in [2.75, 3.05) is 7.11 Å². The minimum atomic E-state index is -0.192. The molecule has 34 heavy (non-hydrogen) atoms. The Labute approximate surface area is 199 Å². The molecule has 4 rings (SSSR count). The molecule has 0 aliphatic rings. The van der Waals surface area contributed by atoms with E-state index in [-0.39, 0.29) is 23.9 Å². The van der Waals surface area contributed by atoms with E-state index in [0.29, 0.717) is 30.0 Å². The number of methoxy groups -OCH3 is 1. The lowest BCUT2D eigenvalue weighted by molar-refractivity contribution is -0.121. The number of hydrogen-bond donors (Lipinski definition) is 1. The zero-order valence-corrected chi connectivity index (χ0v) is 20.0. The molecule has 2 heterocycles. The third kappa shape index (κ3) is 4.46. The second kappa shape index (κ2) is 9.95. The zero-order chi connectivity index (χ0) is 24.2. The molecular weight excluding hydrogens is 428 g/mol. The number of nitrogens with one attached hydrogen (secondary N) is 1. The Balaban J connectivity index is 1.63. The Kier molecular flexibility index (Phi) is 6.82. The molecule has 0 fully saturated rings. The van der Waals surface area contributed by atoms with Gasteiger partial charge in [-0.15, -0.1) is 0 Å². The van der Waals surface area contributed by atoms with Crippen molar-refractivity contribution in [1.82, 2.24) is 19.5 Å². The molecule has 0 radical (unpaired) electrons.